The van der Waals surface area contributed by atoms with Crippen molar-refractivity contribution in [2.45, 2.75) is 48.8 Å². The predicted octanol–water partition coefficient (Wildman–Crippen LogP) is 8.40. The lowest BCUT2D eigenvalue weighted by Crippen LogP contribution is -2.48. The highest BCUT2D eigenvalue weighted by molar-refractivity contribution is 7.98. The number of aromatic nitrogens is 1. The van der Waals surface area contributed by atoms with Gasteiger partial charge < -0.3 is 19.1 Å². The first-order valence-electron chi connectivity index (χ1n) is 21.2. The number of piperidine rings is 1. The van der Waals surface area contributed by atoms with Gasteiger partial charge in [0.15, 0.2) is 17.1 Å². The third-order valence-electron chi connectivity index (χ3n) is 8.08. The van der Waals surface area contributed by atoms with Crippen LogP contribution in [0.4, 0.5) is 22.0 Å². The van der Waals surface area contributed by atoms with Crippen LogP contribution >= 0.6 is 11.8 Å². The number of halogens is 5. The first-order chi connectivity index (χ1) is 29.1. The van der Waals surface area contributed by atoms with Gasteiger partial charge in [-0.05, 0) is 59.8 Å². The molecule has 2 heterocycles. The molecule has 6 rings (SSSR count). The highest BCUT2D eigenvalue weighted by Crippen LogP contribution is 2.32. The van der Waals surface area contributed by atoms with E-state index in [-0.39, 0.29) is 37.7 Å². The lowest BCUT2D eigenvalue weighted by atomic mass is 10.00. The quantitative estimate of drug-likeness (QED) is 0.0949. The highest BCUT2D eigenvalue weighted by atomic mass is 32.2. The van der Waals surface area contributed by atoms with Gasteiger partial charge in [0.05, 0.1) is 26.8 Å². The summed E-state index contributed by atoms with van der Waals surface area (Å²) in [4.78, 5) is 28.7. The molecule has 0 bridgehead atoms. The zero-order valence-electron chi connectivity index (χ0n) is 38.4. The Bertz CT molecular complexity index is 2550. The van der Waals surface area contributed by atoms with E-state index in [1.54, 1.807) is 0 Å². The van der Waals surface area contributed by atoms with Gasteiger partial charge >= 0.3 is 6.18 Å². The number of likely N-dealkylation sites (tertiary alicyclic amines) is 1. The monoisotopic (exact) mass is 746 g/mol. The maximum atomic E-state index is 15.1. The molecule has 12 heteroatoms. The van der Waals surface area contributed by atoms with Crippen molar-refractivity contribution >= 4 is 28.6 Å². The van der Waals surface area contributed by atoms with E-state index < -0.39 is 92.7 Å². The number of fused-ring (bicyclic) bond motifs is 1. The van der Waals surface area contributed by atoms with Crippen LogP contribution in [0.2, 0.25) is 0 Å². The van der Waals surface area contributed by atoms with Crippen LogP contribution in [0.5, 0.6) is 0 Å². The molecule has 4 aromatic carbocycles. The Morgan fingerprint density at radius 2 is 1.65 bits per heavy atom. The molecule has 1 aliphatic rings. The number of thioether (sulfide) groups is 1. The number of carbonyl (C=O) groups is 1. The fourth-order valence-electron chi connectivity index (χ4n) is 5.39. The molecule has 272 valence electrons. The number of nitrogens with zero attached hydrogens (tertiary/aromatic N) is 3. The van der Waals surface area contributed by atoms with Gasteiger partial charge in [0.2, 0.25) is 5.91 Å². The van der Waals surface area contributed by atoms with Crippen molar-refractivity contribution in [3.63, 3.8) is 0 Å². The van der Waals surface area contributed by atoms with Gasteiger partial charge in [-0.25, -0.2) is 8.78 Å². The van der Waals surface area contributed by atoms with Crippen LogP contribution in [0.1, 0.15) is 44.5 Å². The molecule has 1 amide bonds. The average Bonchev–Trinajstić information content (AvgIpc) is 3.22. The number of ether oxygens (including phenoxy) is 1. The van der Waals surface area contributed by atoms with Gasteiger partial charge in [-0.2, -0.15) is 13.2 Å². The number of carbonyl (C=O) groups excluding carboxylic acids is 1. The predicted molar refractivity (Wildman–Crippen MR) is 193 cm³/mol. The van der Waals surface area contributed by atoms with Gasteiger partial charge in [-0.1, -0.05) is 60.7 Å². The van der Waals surface area contributed by atoms with Crippen molar-refractivity contribution in [3.8, 4) is 11.1 Å². The molecule has 0 N–H and O–H groups in total. The van der Waals surface area contributed by atoms with Gasteiger partial charge in [0.1, 0.15) is 6.54 Å². The molecule has 0 radical (unpaired) electrons. The minimum atomic E-state index is -4.60. The zero-order chi connectivity index (χ0) is 46.7. The number of hydrogen-bond acceptors (Lipinski definition) is 5. The molecular formula is C40H38F5N3O3S. The smallest absolute Gasteiger partial charge is 0.383 e. The van der Waals surface area contributed by atoms with E-state index in [0.29, 0.717) is 16.0 Å². The van der Waals surface area contributed by atoms with E-state index in [1.807, 2.05) is 0 Å². The Morgan fingerprint density at radius 1 is 0.981 bits per heavy atom. The summed E-state index contributed by atoms with van der Waals surface area (Å²) in [6, 6.07) is 16.3. The van der Waals surface area contributed by atoms with E-state index in [4.69, 9.17) is 13.0 Å². The Kier molecular flexibility index (Phi) is 8.05. The zero-order valence-corrected chi connectivity index (χ0v) is 28.2. The Balaban J connectivity index is 1.50. The van der Waals surface area contributed by atoms with Crippen LogP contribution in [0.25, 0.3) is 22.0 Å². The molecule has 1 aliphatic heterocycles. The van der Waals surface area contributed by atoms with Crippen molar-refractivity contribution in [3.05, 3.63) is 136 Å². The van der Waals surface area contributed by atoms with E-state index in [2.05, 4.69) is 0 Å². The fourth-order valence-corrected chi connectivity index (χ4v) is 6.43. The number of rotatable bonds is 12. The number of para-hydroxylation sites is 1. The van der Waals surface area contributed by atoms with Crippen molar-refractivity contribution in [1.29, 1.82) is 0 Å². The van der Waals surface area contributed by atoms with Crippen LogP contribution in [0, 0.1) is 11.6 Å². The van der Waals surface area contributed by atoms with E-state index in [0.717, 1.165) is 43.1 Å². The van der Waals surface area contributed by atoms with E-state index in [1.165, 1.54) is 77.4 Å². The Labute approximate surface area is 318 Å². The second-order valence-corrected chi connectivity index (χ2v) is 12.5. The Morgan fingerprint density at radius 3 is 2.33 bits per heavy atom. The van der Waals surface area contributed by atoms with Crippen LogP contribution in [-0.2, 0) is 34.6 Å². The molecule has 0 spiro atoms. The second-order valence-electron chi connectivity index (χ2n) is 11.5. The summed E-state index contributed by atoms with van der Waals surface area (Å²) in [5.74, 6) is -3.89. The molecule has 5 aromatic rings. The first-order valence-corrected chi connectivity index (χ1v) is 16.7. The number of benzene rings is 4. The van der Waals surface area contributed by atoms with Crippen LogP contribution < -0.4 is 5.43 Å². The largest absolute Gasteiger partial charge is 0.416 e. The number of alkyl halides is 3. The molecule has 1 fully saturated rings. The fraction of sp³-hybridized carbons (Fsp3) is 0.300. The van der Waals surface area contributed by atoms with Gasteiger partial charge in [-0.15, -0.1) is 11.8 Å². The lowest BCUT2D eigenvalue weighted by molar-refractivity contribution is -0.137. The summed E-state index contributed by atoms with van der Waals surface area (Å²) in [7, 11) is 0.873. The van der Waals surface area contributed by atoms with Crippen molar-refractivity contribution in [2.75, 3.05) is 33.2 Å². The number of amides is 1. The molecule has 1 aromatic heterocycles. The van der Waals surface area contributed by atoms with Crippen molar-refractivity contribution < 1.29 is 46.6 Å². The van der Waals surface area contributed by atoms with Crippen LogP contribution in [-0.4, -0.2) is 59.5 Å². The van der Waals surface area contributed by atoms with Gasteiger partial charge in [0, 0.05) is 72.9 Å². The molecule has 52 heavy (non-hydrogen) atoms. The minimum Gasteiger partial charge on any atom is -0.383 e. The molecule has 0 unspecified atom stereocenters. The number of methoxy groups -OCH3 is 1. The summed E-state index contributed by atoms with van der Waals surface area (Å²) in [5.41, 5.74) is -0.697. The summed E-state index contributed by atoms with van der Waals surface area (Å²) < 4.78 is 173. The molecule has 0 aliphatic carbocycles. The molecule has 0 atom stereocenters. The summed E-state index contributed by atoms with van der Waals surface area (Å²) in [6.07, 6.45) is -12.4. The first kappa shape index (κ1) is 25.5. The highest BCUT2D eigenvalue weighted by Gasteiger charge is 2.31. The SMILES string of the molecule is [2H]C([2H])(CN1C([2H])([2H])C([2H])([2H])C([2H])(N(Cc2ccc(-c3ccc(C(F)(F)F)cc3)cc2)C(=O)Cn2c(SCc3cccc(F)c3F)cc(=O)c3ccccc32)C([2H])([2H])C1([2H])[2H])OC. The van der Waals surface area contributed by atoms with Crippen molar-refractivity contribution in [2.24, 2.45) is 0 Å². The summed E-state index contributed by atoms with van der Waals surface area (Å²) in [5, 5.41) is 0.0560. The van der Waals surface area contributed by atoms with Gasteiger partial charge in [0.25, 0.3) is 0 Å². The molecule has 6 nitrogen and oxygen atoms in total. The van der Waals surface area contributed by atoms with Crippen LogP contribution in [0.3, 0.4) is 0 Å². The van der Waals surface area contributed by atoms with E-state index in [9.17, 15) is 33.6 Å². The Hall–Kier alpha value is -4.52. The third-order valence-corrected chi connectivity index (χ3v) is 9.17. The number of pyridine rings is 1. The second kappa shape index (κ2) is 16.4. The molecular weight excluding hydrogens is 698 g/mol. The topological polar surface area (TPSA) is 54.8 Å². The van der Waals surface area contributed by atoms with E-state index >= 15 is 4.79 Å². The van der Waals surface area contributed by atoms with Gasteiger partial charge in [-0.3, -0.25) is 9.59 Å². The standard InChI is InChI=1S/C40H38F5N3O3S/c1-51-22-21-46-19-17-32(18-20-46)47(24-27-9-11-28(12-10-27)29-13-15-31(16-14-29)40(43,44)45)37(50)25-48-35-8-3-2-6-33(35)36(49)23-38(48)52-26-30-5-4-7-34(41)39(30)42/h2-16,23,32H,17-22,24-26H2,1H3/i17D2,18D2,19D2,20D2,22D2,32D. The van der Waals surface area contributed by atoms with Crippen LogP contribution in [0.15, 0.2) is 107 Å². The normalized spacial score (nSPS) is 22.1. The lowest BCUT2D eigenvalue weighted by Gasteiger charge is -2.39. The summed E-state index contributed by atoms with van der Waals surface area (Å²) in [6.45, 7) is -13.6. The third kappa shape index (κ3) is 8.74. The number of hydrogen-bond donors (Lipinski definition) is 0. The molecule has 1 saturated heterocycles. The maximum Gasteiger partial charge on any atom is 0.416 e. The summed E-state index contributed by atoms with van der Waals surface area (Å²) >= 11 is 0.807. The molecule has 0 saturated carbocycles. The average molecular weight is 747 g/mol. The maximum absolute atomic E-state index is 15.1. The minimum absolute atomic E-state index is 0.0103. The van der Waals surface area contributed by atoms with Crippen molar-refractivity contribution in [1.82, 2.24) is 14.4 Å².